The molecule has 1 atom stereocenters. The Kier molecular flexibility index (Phi) is 5.55. The summed E-state index contributed by atoms with van der Waals surface area (Å²) >= 11 is 0. The molecule has 5 nitrogen and oxygen atoms in total. The quantitative estimate of drug-likeness (QED) is 0.812. The van der Waals surface area contributed by atoms with E-state index in [9.17, 15) is 18.7 Å². The average molecular weight is 349 g/mol. The molecule has 0 saturated carbocycles. The SMILES string of the molecule is O=C(c1cc(F)ccc1F)C1CCN(C[C@@H](O)Cn2cccn2)CC1. The summed E-state index contributed by atoms with van der Waals surface area (Å²) in [6.45, 7) is 2.20. The lowest BCUT2D eigenvalue weighted by Gasteiger charge is -2.32. The number of rotatable bonds is 6. The summed E-state index contributed by atoms with van der Waals surface area (Å²) in [5.41, 5.74) is -0.169. The van der Waals surface area contributed by atoms with Crippen LogP contribution in [-0.4, -0.2) is 51.3 Å². The lowest BCUT2D eigenvalue weighted by atomic mass is 9.88. The van der Waals surface area contributed by atoms with E-state index in [0.29, 0.717) is 39.0 Å². The number of aliphatic hydroxyl groups excluding tert-OH is 1. The molecule has 1 aromatic heterocycles. The Morgan fingerprint density at radius 2 is 2.04 bits per heavy atom. The number of hydrogen-bond acceptors (Lipinski definition) is 4. The number of likely N-dealkylation sites (tertiary alicyclic amines) is 1. The fourth-order valence-electron chi connectivity index (χ4n) is 3.26. The van der Waals surface area contributed by atoms with E-state index in [1.54, 1.807) is 23.1 Å². The number of carbonyl (C=O) groups excluding carboxylic acids is 1. The molecule has 1 aliphatic heterocycles. The van der Waals surface area contributed by atoms with E-state index in [1.165, 1.54) is 0 Å². The number of aromatic nitrogens is 2. The molecule has 0 unspecified atom stereocenters. The third-order valence-electron chi connectivity index (χ3n) is 4.58. The predicted molar refractivity (Wildman–Crippen MR) is 88.1 cm³/mol. The summed E-state index contributed by atoms with van der Waals surface area (Å²) < 4.78 is 28.7. The van der Waals surface area contributed by atoms with Gasteiger partial charge in [-0.2, -0.15) is 5.10 Å². The molecule has 1 aliphatic rings. The lowest BCUT2D eigenvalue weighted by molar-refractivity contribution is 0.0666. The molecule has 1 N–H and O–H groups in total. The van der Waals surface area contributed by atoms with Crippen molar-refractivity contribution >= 4 is 5.78 Å². The Hall–Kier alpha value is -2.12. The van der Waals surface area contributed by atoms with Gasteiger partial charge in [-0.25, -0.2) is 8.78 Å². The van der Waals surface area contributed by atoms with Crippen molar-refractivity contribution in [3.63, 3.8) is 0 Å². The Bertz CT molecular complexity index is 713. The van der Waals surface area contributed by atoms with Crippen LogP contribution in [0.2, 0.25) is 0 Å². The summed E-state index contributed by atoms with van der Waals surface area (Å²) in [6.07, 6.45) is 4.05. The fourth-order valence-corrected chi connectivity index (χ4v) is 3.26. The van der Waals surface area contributed by atoms with E-state index in [0.717, 1.165) is 18.2 Å². The van der Waals surface area contributed by atoms with Crippen molar-refractivity contribution in [2.75, 3.05) is 19.6 Å². The van der Waals surface area contributed by atoms with Crippen LogP contribution in [0.15, 0.2) is 36.7 Å². The number of ketones is 1. The van der Waals surface area contributed by atoms with Crippen molar-refractivity contribution in [1.82, 2.24) is 14.7 Å². The number of benzene rings is 1. The second-order valence-electron chi connectivity index (χ2n) is 6.45. The standard InChI is InChI=1S/C18H21F2N3O2/c19-14-2-3-17(20)16(10-14)18(25)13-4-8-22(9-5-13)11-15(24)12-23-7-1-6-21-23/h1-3,6-7,10,13,15,24H,4-5,8-9,11-12H2/t15-/m1/s1. The summed E-state index contributed by atoms with van der Waals surface area (Å²) in [4.78, 5) is 14.5. The molecule has 3 rings (SSSR count). The zero-order chi connectivity index (χ0) is 17.8. The van der Waals surface area contributed by atoms with Crippen molar-refractivity contribution in [3.8, 4) is 0 Å². The predicted octanol–water partition coefficient (Wildman–Crippen LogP) is 2.12. The van der Waals surface area contributed by atoms with Crippen LogP contribution in [-0.2, 0) is 6.54 Å². The van der Waals surface area contributed by atoms with Crippen LogP contribution in [0.4, 0.5) is 8.78 Å². The highest BCUT2D eigenvalue weighted by atomic mass is 19.1. The first kappa shape index (κ1) is 17.7. The van der Waals surface area contributed by atoms with Gasteiger partial charge in [0.2, 0.25) is 0 Å². The van der Waals surface area contributed by atoms with Crippen molar-refractivity contribution in [2.24, 2.45) is 5.92 Å². The summed E-state index contributed by atoms with van der Waals surface area (Å²) in [6, 6.07) is 4.77. The van der Waals surface area contributed by atoms with Crippen molar-refractivity contribution in [3.05, 3.63) is 53.9 Å². The van der Waals surface area contributed by atoms with Crippen LogP contribution in [0.25, 0.3) is 0 Å². The minimum atomic E-state index is -0.677. The first-order chi connectivity index (χ1) is 12.0. The van der Waals surface area contributed by atoms with Crippen LogP contribution in [0.5, 0.6) is 0 Å². The molecule has 0 radical (unpaired) electrons. The lowest BCUT2D eigenvalue weighted by Crippen LogP contribution is -2.41. The number of β-amino-alcohol motifs (C(OH)–C–C–N with tert-alkyl or cyclic N) is 1. The van der Waals surface area contributed by atoms with Gasteiger partial charge >= 0.3 is 0 Å². The molecular formula is C18H21F2N3O2. The summed E-state index contributed by atoms with van der Waals surface area (Å²) in [7, 11) is 0. The summed E-state index contributed by atoms with van der Waals surface area (Å²) in [5, 5.41) is 14.2. The largest absolute Gasteiger partial charge is 0.390 e. The second kappa shape index (κ2) is 7.84. The van der Waals surface area contributed by atoms with Crippen LogP contribution in [0.3, 0.4) is 0 Å². The van der Waals surface area contributed by atoms with Crippen LogP contribution in [0.1, 0.15) is 23.2 Å². The van der Waals surface area contributed by atoms with Crippen molar-refractivity contribution in [2.45, 2.75) is 25.5 Å². The highest BCUT2D eigenvalue weighted by Gasteiger charge is 2.28. The monoisotopic (exact) mass is 349 g/mol. The molecule has 0 spiro atoms. The Morgan fingerprint density at radius 1 is 1.28 bits per heavy atom. The second-order valence-corrected chi connectivity index (χ2v) is 6.45. The van der Waals surface area contributed by atoms with Gasteiger partial charge in [0.05, 0.1) is 18.2 Å². The average Bonchev–Trinajstić information content (AvgIpc) is 3.10. The number of aliphatic hydroxyl groups is 1. The van der Waals surface area contributed by atoms with E-state index in [4.69, 9.17) is 0 Å². The van der Waals surface area contributed by atoms with E-state index < -0.39 is 17.7 Å². The van der Waals surface area contributed by atoms with Crippen molar-refractivity contribution < 1.29 is 18.7 Å². The van der Waals surface area contributed by atoms with E-state index in [1.807, 2.05) is 0 Å². The van der Waals surface area contributed by atoms with Gasteiger partial charge < -0.3 is 10.0 Å². The maximum absolute atomic E-state index is 13.8. The van der Waals surface area contributed by atoms with Gasteiger partial charge in [-0.05, 0) is 50.2 Å². The first-order valence-electron chi connectivity index (χ1n) is 8.40. The molecule has 0 aliphatic carbocycles. The van der Waals surface area contributed by atoms with Crippen LogP contribution in [0, 0.1) is 17.6 Å². The molecule has 0 amide bonds. The molecule has 0 bridgehead atoms. The van der Waals surface area contributed by atoms with Gasteiger partial charge in [-0.15, -0.1) is 0 Å². The minimum absolute atomic E-state index is 0.169. The molecule has 1 fully saturated rings. The van der Waals surface area contributed by atoms with Gasteiger partial charge in [0.15, 0.2) is 5.78 Å². The van der Waals surface area contributed by atoms with Crippen LogP contribution >= 0.6 is 0 Å². The Labute approximate surface area is 144 Å². The number of nitrogens with zero attached hydrogens (tertiary/aromatic N) is 3. The Morgan fingerprint density at radius 3 is 2.72 bits per heavy atom. The molecule has 2 heterocycles. The molecule has 25 heavy (non-hydrogen) atoms. The zero-order valence-corrected chi connectivity index (χ0v) is 13.8. The third kappa shape index (κ3) is 4.49. The van der Waals surface area contributed by atoms with Gasteiger partial charge in [0.1, 0.15) is 11.6 Å². The summed E-state index contributed by atoms with van der Waals surface area (Å²) in [5.74, 6) is -1.93. The third-order valence-corrected chi connectivity index (χ3v) is 4.58. The topological polar surface area (TPSA) is 58.4 Å². The van der Waals surface area contributed by atoms with Crippen LogP contribution < -0.4 is 0 Å². The van der Waals surface area contributed by atoms with Gasteiger partial charge in [-0.1, -0.05) is 0 Å². The van der Waals surface area contributed by atoms with E-state index in [-0.39, 0.29) is 17.3 Å². The number of piperidine rings is 1. The number of carbonyl (C=O) groups is 1. The van der Waals surface area contributed by atoms with Crippen molar-refractivity contribution in [1.29, 1.82) is 0 Å². The normalized spacial score (nSPS) is 17.6. The zero-order valence-electron chi connectivity index (χ0n) is 13.8. The van der Waals surface area contributed by atoms with Gasteiger partial charge in [-0.3, -0.25) is 9.48 Å². The highest BCUT2D eigenvalue weighted by Crippen LogP contribution is 2.23. The van der Waals surface area contributed by atoms with Gasteiger partial charge in [0, 0.05) is 24.9 Å². The maximum atomic E-state index is 13.8. The number of Topliss-reactive ketones (excluding diaryl/α,β-unsaturated/α-hetero) is 1. The smallest absolute Gasteiger partial charge is 0.169 e. The van der Waals surface area contributed by atoms with Gasteiger partial charge in [0.25, 0.3) is 0 Å². The number of halogens is 2. The van der Waals surface area contributed by atoms with E-state index in [2.05, 4.69) is 10.00 Å². The van der Waals surface area contributed by atoms with E-state index >= 15 is 0 Å². The maximum Gasteiger partial charge on any atom is 0.169 e. The Balaban J connectivity index is 1.51. The molecule has 1 aromatic carbocycles. The number of hydrogen-bond donors (Lipinski definition) is 1. The molecule has 2 aromatic rings. The molecule has 1 saturated heterocycles. The first-order valence-corrected chi connectivity index (χ1v) is 8.40. The molecule has 7 heteroatoms. The molecular weight excluding hydrogens is 328 g/mol. The fraction of sp³-hybridized carbons (Fsp3) is 0.444. The molecule has 134 valence electrons. The highest BCUT2D eigenvalue weighted by molar-refractivity contribution is 5.98. The minimum Gasteiger partial charge on any atom is -0.390 e.